The molecule has 1 unspecified atom stereocenters. The molecule has 0 saturated carbocycles. The lowest BCUT2D eigenvalue weighted by molar-refractivity contribution is -0.117. The van der Waals surface area contributed by atoms with E-state index in [-0.39, 0.29) is 24.0 Å². The Morgan fingerprint density at radius 1 is 1.29 bits per heavy atom. The maximum Gasteiger partial charge on any atom is 0.227 e. The maximum atomic E-state index is 13.7. The average molecular weight is 321 g/mol. The van der Waals surface area contributed by atoms with Crippen molar-refractivity contribution in [2.45, 2.75) is 13.3 Å². The number of carbonyl (C=O) groups excluding carboxylic acids is 2. The molecule has 1 aliphatic heterocycles. The fraction of sp³-hybridized carbons (Fsp3) is 0.385. The van der Waals surface area contributed by atoms with Gasteiger partial charge in [-0.3, -0.25) is 9.59 Å². The first kappa shape index (κ1) is 15.8. The van der Waals surface area contributed by atoms with Crippen LogP contribution in [0.2, 0.25) is 0 Å². The van der Waals surface area contributed by atoms with E-state index in [2.05, 4.69) is 0 Å². The van der Waals surface area contributed by atoms with E-state index in [1.807, 2.05) is 0 Å². The van der Waals surface area contributed by atoms with Crippen LogP contribution in [0.3, 0.4) is 0 Å². The first-order valence-corrected chi connectivity index (χ1v) is 7.06. The van der Waals surface area contributed by atoms with Gasteiger partial charge in [-0.2, -0.15) is 0 Å². The van der Waals surface area contributed by atoms with Crippen LogP contribution in [0.25, 0.3) is 0 Å². The number of carbonyl (C=O) groups is 2. The highest BCUT2D eigenvalue weighted by Crippen LogP contribution is 2.32. The van der Waals surface area contributed by atoms with Gasteiger partial charge in [0.1, 0.15) is 0 Å². The van der Waals surface area contributed by atoms with Crippen LogP contribution in [-0.2, 0) is 9.59 Å². The summed E-state index contributed by atoms with van der Waals surface area (Å²) in [6.07, 6.45) is 0.0420. The number of hydrogen-bond donors (Lipinski definition) is 0. The van der Waals surface area contributed by atoms with Gasteiger partial charge in [-0.1, -0.05) is 11.8 Å². The SMILES string of the molecule is CC(=O)SCC1CC(=O)N(c2cc(F)c(F)c(F)c2F)C1. The van der Waals surface area contributed by atoms with Crippen LogP contribution in [0.15, 0.2) is 6.07 Å². The molecule has 21 heavy (non-hydrogen) atoms. The number of nitrogens with zero attached hydrogens (tertiary/aromatic N) is 1. The van der Waals surface area contributed by atoms with Gasteiger partial charge >= 0.3 is 0 Å². The lowest BCUT2D eigenvalue weighted by Gasteiger charge is -2.18. The zero-order chi connectivity index (χ0) is 15.7. The number of hydrogen-bond acceptors (Lipinski definition) is 3. The molecule has 0 N–H and O–H groups in total. The highest BCUT2D eigenvalue weighted by Gasteiger charge is 2.34. The molecule has 1 aromatic rings. The minimum atomic E-state index is -1.95. The first-order chi connectivity index (χ1) is 9.81. The van der Waals surface area contributed by atoms with Crippen molar-refractivity contribution in [3.63, 3.8) is 0 Å². The topological polar surface area (TPSA) is 37.4 Å². The summed E-state index contributed by atoms with van der Waals surface area (Å²) in [6.45, 7) is 1.41. The largest absolute Gasteiger partial charge is 0.309 e. The molecule has 1 aliphatic rings. The number of amides is 1. The van der Waals surface area contributed by atoms with Crippen LogP contribution < -0.4 is 4.90 Å². The first-order valence-electron chi connectivity index (χ1n) is 6.08. The summed E-state index contributed by atoms with van der Waals surface area (Å²) in [5.41, 5.74) is -0.619. The predicted octanol–water partition coefficient (Wildman–Crippen LogP) is 2.88. The Bertz CT molecular complexity index is 608. The van der Waals surface area contributed by atoms with E-state index in [4.69, 9.17) is 0 Å². The Morgan fingerprint density at radius 3 is 2.57 bits per heavy atom. The van der Waals surface area contributed by atoms with E-state index >= 15 is 0 Å². The van der Waals surface area contributed by atoms with Crippen LogP contribution >= 0.6 is 11.8 Å². The number of halogens is 4. The summed E-state index contributed by atoms with van der Waals surface area (Å²) in [7, 11) is 0. The molecular weight excluding hydrogens is 310 g/mol. The van der Waals surface area contributed by atoms with E-state index < -0.39 is 34.9 Å². The van der Waals surface area contributed by atoms with Gasteiger partial charge in [-0.15, -0.1) is 0 Å². The molecule has 0 aliphatic carbocycles. The molecule has 2 rings (SSSR count). The van der Waals surface area contributed by atoms with Gasteiger partial charge in [-0.05, 0) is 5.92 Å². The molecule has 0 aromatic heterocycles. The Morgan fingerprint density at radius 2 is 1.95 bits per heavy atom. The van der Waals surface area contributed by atoms with Crippen molar-refractivity contribution >= 4 is 28.5 Å². The molecule has 8 heteroatoms. The van der Waals surface area contributed by atoms with Crippen molar-refractivity contribution in [2.24, 2.45) is 5.92 Å². The van der Waals surface area contributed by atoms with Gasteiger partial charge in [0.25, 0.3) is 0 Å². The van der Waals surface area contributed by atoms with Crippen LogP contribution in [0.5, 0.6) is 0 Å². The van der Waals surface area contributed by atoms with E-state index in [1.54, 1.807) is 0 Å². The zero-order valence-electron chi connectivity index (χ0n) is 11.0. The number of rotatable bonds is 3. The average Bonchev–Trinajstić information content (AvgIpc) is 2.79. The van der Waals surface area contributed by atoms with Crippen molar-refractivity contribution in [3.05, 3.63) is 29.3 Å². The Kier molecular flexibility index (Phi) is 4.55. The van der Waals surface area contributed by atoms with Gasteiger partial charge in [0, 0.05) is 31.7 Å². The quantitative estimate of drug-likeness (QED) is 0.488. The predicted molar refractivity (Wildman–Crippen MR) is 69.9 cm³/mol. The molecule has 1 amide bonds. The molecule has 3 nitrogen and oxygen atoms in total. The van der Waals surface area contributed by atoms with Crippen LogP contribution in [-0.4, -0.2) is 23.3 Å². The maximum absolute atomic E-state index is 13.7. The normalized spacial score (nSPS) is 18.4. The highest BCUT2D eigenvalue weighted by atomic mass is 32.2. The standard InChI is InChI=1S/C13H11F4NO2S/c1-6(19)21-5-7-2-10(20)18(4-7)9-3-8(14)11(15)13(17)12(9)16/h3,7H,2,4-5H2,1H3. The third-order valence-electron chi connectivity index (χ3n) is 3.10. The van der Waals surface area contributed by atoms with Crippen molar-refractivity contribution in [1.29, 1.82) is 0 Å². The number of thioether (sulfide) groups is 1. The summed E-state index contributed by atoms with van der Waals surface area (Å²) in [6, 6.07) is 0.464. The molecular formula is C13H11F4NO2S. The van der Waals surface area contributed by atoms with Gasteiger partial charge in [0.05, 0.1) is 5.69 Å². The van der Waals surface area contributed by atoms with Crippen LogP contribution in [0, 0.1) is 29.2 Å². The second kappa shape index (κ2) is 6.05. The smallest absolute Gasteiger partial charge is 0.227 e. The van der Waals surface area contributed by atoms with Crippen molar-refractivity contribution in [1.82, 2.24) is 0 Å². The summed E-state index contributed by atoms with van der Waals surface area (Å²) in [4.78, 5) is 23.6. The van der Waals surface area contributed by atoms with E-state index in [0.29, 0.717) is 11.8 Å². The zero-order valence-corrected chi connectivity index (χ0v) is 11.8. The minimum Gasteiger partial charge on any atom is -0.309 e. The van der Waals surface area contributed by atoms with Gasteiger partial charge in [-0.25, -0.2) is 17.6 Å². The van der Waals surface area contributed by atoms with Gasteiger partial charge in [0.2, 0.25) is 5.91 Å². The summed E-state index contributed by atoms with van der Waals surface area (Å²) in [5.74, 6) is -7.41. The molecule has 1 heterocycles. The number of benzene rings is 1. The second-order valence-electron chi connectivity index (χ2n) is 4.70. The fourth-order valence-electron chi connectivity index (χ4n) is 2.12. The van der Waals surface area contributed by atoms with E-state index in [1.165, 1.54) is 6.92 Å². The Balaban J connectivity index is 2.23. The summed E-state index contributed by atoms with van der Waals surface area (Å²) >= 11 is 1.02. The molecule has 0 radical (unpaired) electrons. The van der Waals surface area contributed by atoms with Crippen LogP contribution in [0.1, 0.15) is 13.3 Å². The van der Waals surface area contributed by atoms with Crippen molar-refractivity contribution in [2.75, 3.05) is 17.2 Å². The third kappa shape index (κ3) is 3.20. The summed E-state index contributed by atoms with van der Waals surface area (Å²) in [5, 5.41) is -0.119. The van der Waals surface area contributed by atoms with Crippen molar-refractivity contribution < 1.29 is 27.2 Å². The summed E-state index contributed by atoms with van der Waals surface area (Å²) < 4.78 is 53.0. The van der Waals surface area contributed by atoms with E-state index in [0.717, 1.165) is 16.7 Å². The Labute approximate surface area is 122 Å². The highest BCUT2D eigenvalue weighted by molar-refractivity contribution is 8.13. The van der Waals surface area contributed by atoms with Gasteiger partial charge < -0.3 is 4.90 Å². The molecule has 1 saturated heterocycles. The third-order valence-corrected chi connectivity index (χ3v) is 4.15. The van der Waals surface area contributed by atoms with E-state index in [9.17, 15) is 27.2 Å². The molecule has 1 atom stereocenters. The second-order valence-corrected chi connectivity index (χ2v) is 5.89. The minimum absolute atomic E-state index is 0.0283. The lowest BCUT2D eigenvalue weighted by Crippen LogP contribution is -2.26. The van der Waals surface area contributed by atoms with Gasteiger partial charge in [0.15, 0.2) is 28.4 Å². The number of anilines is 1. The fourth-order valence-corrected chi connectivity index (χ4v) is 2.81. The van der Waals surface area contributed by atoms with Crippen molar-refractivity contribution in [3.8, 4) is 0 Å². The molecule has 1 fully saturated rings. The molecule has 1 aromatic carbocycles. The lowest BCUT2D eigenvalue weighted by atomic mass is 10.1. The van der Waals surface area contributed by atoms with Crippen LogP contribution in [0.4, 0.5) is 23.2 Å². The Hall–Kier alpha value is -1.57. The molecule has 114 valence electrons. The molecule has 0 bridgehead atoms. The molecule has 0 spiro atoms. The monoisotopic (exact) mass is 321 g/mol.